The molecule has 0 unspecified atom stereocenters. The molecular weight excluding hydrogens is 206 g/mol. The number of carbonyl (C=O) groups excluding carboxylic acids is 1. The van der Waals surface area contributed by atoms with Crippen LogP contribution < -0.4 is 10.5 Å². The van der Waals surface area contributed by atoms with Crippen molar-refractivity contribution in [2.75, 3.05) is 6.61 Å². The first-order valence-electron chi connectivity index (χ1n) is 5.34. The Morgan fingerprint density at radius 1 is 1.50 bits per heavy atom. The summed E-state index contributed by atoms with van der Waals surface area (Å²) >= 11 is 0. The van der Waals surface area contributed by atoms with Gasteiger partial charge in [0, 0.05) is 5.56 Å². The second-order valence-electron chi connectivity index (χ2n) is 4.26. The first kappa shape index (κ1) is 11.0. The molecule has 1 fully saturated rings. The van der Waals surface area contributed by atoms with E-state index in [1.54, 1.807) is 24.3 Å². The molecule has 0 bridgehead atoms. The van der Waals surface area contributed by atoms with Crippen molar-refractivity contribution in [2.24, 2.45) is 5.73 Å². The van der Waals surface area contributed by atoms with Crippen molar-refractivity contribution >= 4 is 5.91 Å². The van der Waals surface area contributed by atoms with Gasteiger partial charge in [-0.25, -0.2) is 0 Å². The monoisotopic (exact) mass is 221 g/mol. The molecule has 0 saturated heterocycles. The Hall–Kier alpha value is -1.55. The van der Waals surface area contributed by atoms with E-state index in [0.29, 0.717) is 11.3 Å². The zero-order valence-corrected chi connectivity index (χ0v) is 8.98. The van der Waals surface area contributed by atoms with Gasteiger partial charge in [-0.15, -0.1) is 0 Å². The van der Waals surface area contributed by atoms with Crippen molar-refractivity contribution in [1.29, 1.82) is 0 Å². The molecule has 4 heteroatoms. The van der Waals surface area contributed by atoms with Crippen LogP contribution in [0.15, 0.2) is 24.3 Å². The average Bonchev–Trinajstić information content (AvgIpc) is 2.24. The van der Waals surface area contributed by atoms with Crippen molar-refractivity contribution < 1.29 is 14.6 Å². The summed E-state index contributed by atoms with van der Waals surface area (Å²) in [4.78, 5) is 10.9. The Balaban J connectivity index is 1.98. The van der Waals surface area contributed by atoms with Gasteiger partial charge in [0.15, 0.2) is 0 Å². The lowest BCUT2D eigenvalue weighted by Gasteiger charge is -2.36. The second-order valence-corrected chi connectivity index (χ2v) is 4.26. The topological polar surface area (TPSA) is 72.6 Å². The molecule has 1 amide bonds. The second kappa shape index (κ2) is 4.14. The fourth-order valence-electron chi connectivity index (χ4n) is 1.69. The number of rotatable bonds is 4. The highest BCUT2D eigenvalue weighted by Crippen LogP contribution is 2.32. The highest BCUT2D eigenvalue weighted by molar-refractivity contribution is 5.93. The Labute approximate surface area is 94.0 Å². The zero-order chi connectivity index (χ0) is 11.6. The van der Waals surface area contributed by atoms with Crippen LogP contribution in [0, 0.1) is 0 Å². The third kappa shape index (κ3) is 2.33. The molecule has 0 aliphatic heterocycles. The molecule has 1 aliphatic rings. The van der Waals surface area contributed by atoms with Crippen molar-refractivity contribution in [3.8, 4) is 5.75 Å². The first-order valence-corrected chi connectivity index (χ1v) is 5.34. The molecule has 0 aromatic heterocycles. The van der Waals surface area contributed by atoms with Crippen LogP contribution in [0.4, 0.5) is 0 Å². The molecule has 16 heavy (non-hydrogen) atoms. The summed E-state index contributed by atoms with van der Waals surface area (Å²) in [5, 5.41) is 9.83. The van der Waals surface area contributed by atoms with E-state index in [2.05, 4.69) is 0 Å². The fraction of sp³-hybridized carbons (Fsp3) is 0.417. The van der Waals surface area contributed by atoms with Crippen LogP contribution in [0.1, 0.15) is 29.6 Å². The van der Waals surface area contributed by atoms with Gasteiger partial charge < -0.3 is 15.6 Å². The molecule has 1 aromatic carbocycles. The molecule has 0 atom stereocenters. The molecule has 4 nitrogen and oxygen atoms in total. The van der Waals surface area contributed by atoms with Crippen molar-refractivity contribution in [3.05, 3.63) is 29.8 Å². The summed E-state index contributed by atoms with van der Waals surface area (Å²) in [5.41, 5.74) is 4.90. The van der Waals surface area contributed by atoms with Gasteiger partial charge in [0.25, 0.3) is 0 Å². The van der Waals surface area contributed by atoms with Gasteiger partial charge >= 0.3 is 0 Å². The first-order chi connectivity index (χ1) is 7.59. The van der Waals surface area contributed by atoms with Crippen molar-refractivity contribution in [1.82, 2.24) is 0 Å². The smallest absolute Gasteiger partial charge is 0.248 e. The lowest BCUT2D eigenvalue weighted by atomic mass is 9.81. The predicted molar refractivity (Wildman–Crippen MR) is 59.3 cm³/mol. The largest absolute Gasteiger partial charge is 0.491 e. The van der Waals surface area contributed by atoms with Crippen LogP contribution >= 0.6 is 0 Å². The number of hydrogen-bond donors (Lipinski definition) is 2. The van der Waals surface area contributed by atoms with Gasteiger partial charge in [-0.3, -0.25) is 4.79 Å². The maximum atomic E-state index is 10.9. The zero-order valence-electron chi connectivity index (χ0n) is 8.98. The Morgan fingerprint density at radius 3 is 2.81 bits per heavy atom. The molecular formula is C12H15NO3. The lowest BCUT2D eigenvalue weighted by molar-refractivity contribution is -0.0663. The molecule has 0 radical (unpaired) electrons. The fourth-order valence-corrected chi connectivity index (χ4v) is 1.69. The molecule has 1 saturated carbocycles. The average molecular weight is 221 g/mol. The Bertz CT molecular complexity index is 399. The number of amides is 1. The SMILES string of the molecule is NC(=O)c1cccc(OCC2(O)CCC2)c1. The van der Waals surface area contributed by atoms with Crippen LogP contribution in [0.3, 0.4) is 0 Å². The molecule has 86 valence electrons. The maximum Gasteiger partial charge on any atom is 0.248 e. The summed E-state index contributed by atoms with van der Waals surface area (Å²) < 4.78 is 5.45. The van der Waals surface area contributed by atoms with E-state index in [1.807, 2.05) is 0 Å². The number of ether oxygens (including phenoxy) is 1. The van der Waals surface area contributed by atoms with Gasteiger partial charge in [-0.2, -0.15) is 0 Å². The summed E-state index contributed by atoms with van der Waals surface area (Å²) in [6.07, 6.45) is 2.60. The quantitative estimate of drug-likeness (QED) is 0.799. The number of carbonyl (C=O) groups is 1. The summed E-state index contributed by atoms with van der Waals surface area (Å²) in [5.74, 6) is 0.0874. The summed E-state index contributed by atoms with van der Waals surface area (Å²) in [6.45, 7) is 0.273. The summed E-state index contributed by atoms with van der Waals surface area (Å²) in [7, 11) is 0. The van der Waals surface area contributed by atoms with Crippen molar-refractivity contribution in [3.63, 3.8) is 0 Å². The minimum atomic E-state index is -0.678. The number of nitrogens with two attached hydrogens (primary N) is 1. The maximum absolute atomic E-state index is 10.9. The van der Waals surface area contributed by atoms with Crippen molar-refractivity contribution in [2.45, 2.75) is 24.9 Å². The van der Waals surface area contributed by atoms with E-state index in [1.165, 1.54) is 0 Å². The predicted octanol–water partition coefficient (Wildman–Crippen LogP) is 1.08. The van der Waals surface area contributed by atoms with Gasteiger partial charge in [0.05, 0.1) is 5.60 Å². The molecule has 0 spiro atoms. The highest BCUT2D eigenvalue weighted by Gasteiger charge is 2.35. The van der Waals surface area contributed by atoms with E-state index < -0.39 is 11.5 Å². The van der Waals surface area contributed by atoms with E-state index in [-0.39, 0.29) is 6.61 Å². The van der Waals surface area contributed by atoms with Crippen LogP contribution in [0.2, 0.25) is 0 Å². The van der Waals surface area contributed by atoms with E-state index >= 15 is 0 Å². The third-order valence-electron chi connectivity index (χ3n) is 2.91. The molecule has 0 heterocycles. The number of hydrogen-bond acceptors (Lipinski definition) is 3. The van der Waals surface area contributed by atoms with Gasteiger partial charge in [-0.05, 0) is 37.5 Å². The number of primary amides is 1. The van der Waals surface area contributed by atoms with Crippen LogP contribution in [-0.2, 0) is 0 Å². The molecule has 2 rings (SSSR count). The number of aliphatic hydroxyl groups is 1. The lowest BCUT2D eigenvalue weighted by Crippen LogP contribution is -2.42. The van der Waals surface area contributed by atoms with E-state index in [9.17, 15) is 9.90 Å². The Morgan fingerprint density at radius 2 is 2.25 bits per heavy atom. The summed E-state index contributed by atoms with van der Waals surface area (Å²) in [6, 6.07) is 6.67. The standard InChI is InChI=1S/C12H15NO3/c13-11(14)9-3-1-4-10(7-9)16-8-12(15)5-2-6-12/h1,3-4,7,15H,2,5-6,8H2,(H2,13,14). The van der Waals surface area contributed by atoms with Crippen LogP contribution in [-0.4, -0.2) is 23.2 Å². The van der Waals surface area contributed by atoms with Gasteiger partial charge in [0.1, 0.15) is 12.4 Å². The normalized spacial score (nSPS) is 17.6. The third-order valence-corrected chi connectivity index (χ3v) is 2.91. The molecule has 3 N–H and O–H groups in total. The number of benzene rings is 1. The highest BCUT2D eigenvalue weighted by atomic mass is 16.5. The van der Waals surface area contributed by atoms with Gasteiger partial charge in [-0.1, -0.05) is 6.07 Å². The van der Waals surface area contributed by atoms with E-state index in [4.69, 9.17) is 10.5 Å². The minimum absolute atomic E-state index is 0.273. The van der Waals surface area contributed by atoms with Crippen LogP contribution in [0.25, 0.3) is 0 Å². The molecule has 1 aliphatic carbocycles. The minimum Gasteiger partial charge on any atom is -0.491 e. The van der Waals surface area contributed by atoms with E-state index in [0.717, 1.165) is 19.3 Å². The van der Waals surface area contributed by atoms with Gasteiger partial charge in [0.2, 0.25) is 5.91 Å². The van der Waals surface area contributed by atoms with Crippen LogP contribution in [0.5, 0.6) is 5.75 Å². The Kier molecular flexibility index (Phi) is 2.83. The molecule has 1 aromatic rings.